The van der Waals surface area contributed by atoms with Crippen LogP contribution in [0.1, 0.15) is 31.4 Å². The van der Waals surface area contributed by atoms with Crippen LogP contribution in [0.25, 0.3) is 0 Å². The van der Waals surface area contributed by atoms with E-state index in [0.717, 1.165) is 29.7 Å². The van der Waals surface area contributed by atoms with Crippen molar-refractivity contribution in [1.82, 2.24) is 15.1 Å². The number of likely N-dealkylation sites (N-methyl/N-ethyl adjacent to an activating group) is 1. The van der Waals surface area contributed by atoms with E-state index in [4.69, 9.17) is 23.8 Å². The second-order valence-electron chi connectivity index (χ2n) is 6.23. The maximum absolute atomic E-state index is 12.8. The normalized spacial score (nSPS) is 21.3. The van der Waals surface area contributed by atoms with Crippen molar-refractivity contribution >= 4 is 34.8 Å². The number of hydrogen-bond acceptors (Lipinski definition) is 2. The zero-order valence-corrected chi connectivity index (χ0v) is 15.0. The number of hydrogen-bond donors (Lipinski definition) is 1. The third-order valence-electron chi connectivity index (χ3n) is 4.28. The van der Waals surface area contributed by atoms with E-state index < -0.39 is 0 Å². The van der Waals surface area contributed by atoms with E-state index in [2.05, 4.69) is 10.2 Å². The van der Waals surface area contributed by atoms with Crippen molar-refractivity contribution in [2.45, 2.75) is 31.8 Å². The fourth-order valence-electron chi connectivity index (χ4n) is 2.95. The van der Waals surface area contributed by atoms with Gasteiger partial charge in [-0.25, -0.2) is 0 Å². The lowest BCUT2D eigenvalue weighted by molar-refractivity contribution is -0.125. The molecule has 0 bridgehead atoms. The van der Waals surface area contributed by atoms with E-state index in [-0.39, 0.29) is 11.9 Å². The molecule has 1 atom stereocenters. The van der Waals surface area contributed by atoms with E-state index in [9.17, 15) is 4.79 Å². The highest BCUT2D eigenvalue weighted by Crippen LogP contribution is 2.38. The average molecular weight is 350 g/mol. The highest BCUT2D eigenvalue weighted by molar-refractivity contribution is 7.80. The monoisotopic (exact) mass is 349 g/mol. The minimum Gasteiger partial charge on any atom is -0.351 e. The van der Waals surface area contributed by atoms with Gasteiger partial charge in [0.15, 0.2) is 5.11 Å². The molecule has 1 unspecified atom stereocenters. The van der Waals surface area contributed by atoms with Crippen molar-refractivity contribution in [3.63, 3.8) is 0 Å². The third-order valence-corrected chi connectivity index (χ3v) is 4.84. The Morgan fingerprint density at radius 3 is 2.43 bits per heavy atom. The number of benzene rings is 1. The molecule has 1 heterocycles. The summed E-state index contributed by atoms with van der Waals surface area (Å²) in [5, 5.41) is 4.72. The van der Waals surface area contributed by atoms with Crippen LogP contribution in [-0.2, 0) is 4.79 Å². The van der Waals surface area contributed by atoms with Crippen molar-refractivity contribution < 1.29 is 4.79 Å². The SMILES string of the molecule is CC1=C(C(=O)N(C)C)C(c2ccc(Cl)cc2)NC(=S)N1C1CC1. The first-order valence-electron chi connectivity index (χ1n) is 7.67. The van der Waals surface area contributed by atoms with Crippen molar-refractivity contribution in [2.24, 2.45) is 0 Å². The second kappa shape index (κ2) is 6.13. The van der Waals surface area contributed by atoms with Gasteiger partial charge in [-0.3, -0.25) is 4.79 Å². The lowest BCUT2D eigenvalue weighted by Crippen LogP contribution is -2.49. The van der Waals surface area contributed by atoms with Gasteiger partial charge in [-0.2, -0.15) is 0 Å². The van der Waals surface area contributed by atoms with Gasteiger partial charge in [-0.15, -0.1) is 0 Å². The number of allylic oxidation sites excluding steroid dienone is 1. The molecule has 1 fully saturated rings. The first-order chi connectivity index (χ1) is 10.9. The Bertz CT molecular complexity index is 680. The molecule has 23 heavy (non-hydrogen) atoms. The number of carbonyl (C=O) groups is 1. The van der Waals surface area contributed by atoms with E-state index >= 15 is 0 Å². The molecule has 1 saturated carbocycles. The fourth-order valence-corrected chi connectivity index (χ4v) is 3.48. The third kappa shape index (κ3) is 3.08. The highest BCUT2D eigenvalue weighted by atomic mass is 35.5. The van der Waals surface area contributed by atoms with E-state index in [0.29, 0.717) is 16.2 Å². The molecule has 4 nitrogen and oxygen atoms in total. The Hall–Kier alpha value is -1.59. The molecule has 0 aromatic heterocycles. The Morgan fingerprint density at radius 2 is 1.91 bits per heavy atom. The molecule has 0 spiro atoms. The molecule has 1 aliphatic heterocycles. The summed E-state index contributed by atoms with van der Waals surface area (Å²) in [4.78, 5) is 16.5. The quantitative estimate of drug-likeness (QED) is 0.851. The van der Waals surface area contributed by atoms with Crippen LogP contribution in [0.15, 0.2) is 35.5 Å². The molecule has 1 aliphatic carbocycles. The number of nitrogens with zero attached hydrogens (tertiary/aromatic N) is 2. The van der Waals surface area contributed by atoms with Crippen molar-refractivity contribution in [3.8, 4) is 0 Å². The number of nitrogens with one attached hydrogen (secondary N) is 1. The first-order valence-corrected chi connectivity index (χ1v) is 8.46. The van der Waals surface area contributed by atoms with Gasteiger partial charge >= 0.3 is 0 Å². The average Bonchev–Trinajstić information content (AvgIpc) is 3.31. The van der Waals surface area contributed by atoms with Gasteiger partial charge in [0.05, 0.1) is 11.6 Å². The Morgan fingerprint density at radius 1 is 1.30 bits per heavy atom. The summed E-state index contributed by atoms with van der Waals surface area (Å²) in [6.07, 6.45) is 2.24. The lowest BCUT2D eigenvalue weighted by atomic mass is 9.94. The van der Waals surface area contributed by atoms with Gasteiger partial charge < -0.3 is 15.1 Å². The summed E-state index contributed by atoms with van der Waals surface area (Å²) >= 11 is 11.5. The topological polar surface area (TPSA) is 35.6 Å². The summed E-state index contributed by atoms with van der Waals surface area (Å²) in [5.74, 6) is 0.00287. The Kier molecular flexibility index (Phi) is 4.34. The van der Waals surface area contributed by atoms with Crippen LogP contribution in [0.3, 0.4) is 0 Å². The van der Waals surface area contributed by atoms with E-state index in [1.54, 1.807) is 19.0 Å². The fraction of sp³-hybridized carbons (Fsp3) is 0.412. The number of amides is 1. The van der Waals surface area contributed by atoms with Crippen molar-refractivity contribution in [1.29, 1.82) is 0 Å². The summed E-state index contributed by atoms with van der Waals surface area (Å²) in [5.41, 5.74) is 2.68. The summed E-state index contributed by atoms with van der Waals surface area (Å²) in [7, 11) is 3.55. The van der Waals surface area contributed by atoms with E-state index in [1.165, 1.54) is 0 Å². The standard InChI is InChI=1S/C17H20ClN3OS/c1-10-14(16(22)20(2)3)15(11-4-6-12(18)7-5-11)19-17(23)21(10)13-8-9-13/h4-7,13,15H,8-9H2,1-3H3,(H,19,23). The van der Waals surface area contributed by atoms with Crippen LogP contribution in [-0.4, -0.2) is 41.0 Å². The molecule has 1 N–H and O–H groups in total. The molecule has 6 heteroatoms. The molecule has 1 aromatic rings. The van der Waals surface area contributed by atoms with Gasteiger partial charge in [0, 0.05) is 30.9 Å². The number of rotatable bonds is 3. The molecule has 122 valence electrons. The zero-order valence-electron chi connectivity index (χ0n) is 13.5. The second-order valence-corrected chi connectivity index (χ2v) is 7.06. The number of halogens is 1. The number of carbonyl (C=O) groups excluding carboxylic acids is 1. The number of thiocarbonyl (C=S) groups is 1. The molecule has 1 amide bonds. The summed E-state index contributed by atoms with van der Waals surface area (Å²) < 4.78 is 0. The maximum atomic E-state index is 12.8. The van der Waals surface area contributed by atoms with Gasteiger partial charge in [-0.05, 0) is 49.7 Å². The minimum atomic E-state index is -0.246. The van der Waals surface area contributed by atoms with Crippen LogP contribution in [0.2, 0.25) is 5.02 Å². The van der Waals surface area contributed by atoms with Crippen LogP contribution in [0.5, 0.6) is 0 Å². The molecule has 0 saturated heterocycles. The molecular weight excluding hydrogens is 330 g/mol. The molecule has 2 aliphatic rings. The Labute approximate surface area is 147 Å². The molecule has 1 aromatic carbocycles. The van der Waals surface area contributed by atoms with Crippen molar-refractivity contribution in [3.05, 3.63) is 46.1 Å². The minimum absolute atomic E-state index is 0.00287. The van der Waals surface area contributed by atoms with Crippen LogP contribution in [0.4, 0.5) is 0 Å². The van der Waals surface area contributed by atoms with Gasteiger partial charge in [0.25, 0.3) is 5.91 Å². The molecule has 0 radical (unpaired) electrons. The largest absolute Gasteiger partial charge is 0.351 e. The van der Waals surface area contributed by atoms with Gasteiger partial charge in [-0.1, -0.05) is 23.7 Å². The van der Waals surface area contributed by atoms with Gasteiger partial charge in [0.1, 0.15) is 0 Å². The van der Waals surface area contributed by atoms with Crippen LogP contribution < -0.4 is 5.32 Å². The predicted octanol–water partition coefficient (Wildman–Crippen LogP) is 3.10. The Balaban J connectivity index is 2.08. The summed E-state index contributed by atoms with van der Waals surface area (Å²) in [6, 6.07) is 7.72. The maximum Gasteiger partial charge on any atom is 0.253 e. The molecular formula is C17H20ClN3OS. The van der Waals surface area contributed by atoms with Gasteiger partial charge in [0.2, 0.25) is 0 Å². The van der Waals surface area contributed by atoms with Crippen molar-refractivity contribution in [2.75, 3.05) is 14.1 Å². The predicted molar refractivity (Wildman–Crippen MR) is 96.2 cm³/mol. The zero-order chi connectivity index (χ0) is 16.7. The lowest BCUT2D eigenvalue weighted by Gasteiger charge is -2.38. The van der Waals surface area contributed by atoms with E-state index in [1.807, 2.05) is 31.2 Å². The first kappa shape index (κ1) is 16.3. The van der Waals surface area contributed by atoms with Crippen LogP contribution in [0, 0.1) is 0 Å². The smallest absolute Gasteiger partial charge is 0.253 e. The van der Waals surface area contributed by atoms with Crippen LogP contribution >= 0.6 is 23.8 Å². The summed E-state index contributed by atoms with van der Waals surface area (Å²) in [6.45, 7) is 1.99. The highest BCUT2D eigenvalue weighted by Gasteiger charge is 2.40. The molecule has 3 rings (SSSR count).